The fourth-order valence-electron chi connectivity index (χ4n) is 9.09. The van der Waals surface area contributed by atoms with Gasteiger partial charge in [0, 0.05) is 28.0 Å². The van der Waals surface area contributed by atoms with Crippen molar-refractivity contribution in [3.05, 3.63) is 216 Å². The number of anilines is 3. The smallest absolute Gasteiger partial charge is 0.125 e. The van der Waals surface area contributed by atoms with Crippen LogP contribution >= 0.6 is 11.3 Å². The standard InChI is InChI=1S/C56H44N2S/c1-3-56(4-2)51-36-40(28-33-47(51)48-35-32-46(38-52(48)56)58(44-18-10-6-11-19-44)45-20-12-7-13-21-45)25-24-39-26-29-42(30-27-39)50-37-43(41-16-8-5-9-17-41)31-34-49(50)55-57-53-22-14-15-23-54(53)59-55/h5-38H,3-4H2,1-2H3/b25-24+. The third-order valence-corrected chi connectivity index (χ3v) is 13.3. The summed E-state index contributed by atoms with van der Waals surface area (Å²) in [6, 6.07) is 70.4. The number of nitrogens with zero attached hydrogens (tertiary/aromatic N) is 2. The number of aromatic nitrogens is 1. The first-order chi connectivity index (χ1) is 29.1. The SMILES string of the molecule is CCC1(CC)c2cc(/C=C/c3ccc(-c4cc(-c5ccccc5)ccc4-c4nc5ccccc5s4)cc3)ccc2-c2ccc(N(c3ccccc3)c3ccccc3)cc21. The Morgan fingerprint density at radius 2 is 1.02 bits per heavy atom. The molecular weight excluding hydrogens is 733 g/mol. The lowest BCUT2D eigenvalue weighted by molar-refractivity contribution is 0.490. The zero-order chi connectivity index (χ0) is 39.8. The van der Waals surface area contributed by atoms with Crippen molar-refractivity contribution in [3.8, 4) is 44.0 Å². The Labute approximate surface area is 351 Å². The van der Waals surface area contributed by atoms with Gasteiger partial charge in [-0.1, -0.05) is 166 Å². The molecule has 0 saturated carbocycles. The van der Waals surface area contributed by atoms with Crippen LogP contribution in [0, 0.1) is 0 Å². The quantitative estimate of drug-likeness (QED) is 0.129. The summed E-state index contributed by atoms with van der Waals surface area (Å²) in [7, 11) is 0. The first kappa shape index (κ1) is 36.5. The molecular formula is C56H44N2S. The van der Waals surface area contributed by atoms with Crippen LogP contribution in [0.4, 0.5) is 17.1 Å². The molecule has 0 saturated heterocycles. The zero-order valence-corrected chi connectivity index (χ0v) is 34.2. The van der Waals surface area contributed by atoms with Gasteiger partial charge in [0.15, 0.2) is 0 Å². The maximum Gasteiger partial charge on any atom is 0.125 e. The second-order valence-electron chi connectivity index (χ2n) is 15.4. The van der Waals surface area contributed by atoms with Gasteiger partial charge in [-0.05, 0) is 123 Å². The lowest BCUT2D eigenvalue weighted by Crippen LogP contribution is -2.23. The Kier molecular flexibility index (Phi) is 9.60. The van der Waals surface area contributed by atoms with Gasteiger partial charge in [-0.2, -0.15) is 0 Å². The zero-order valence-electron chi connectivity index (χ0n) is 33.3. The molecule has 59 heavy (non-hydrogen) atoms. The predicted molar refractivity (Wildman–Crippen MR) is 253 cm³/mol. The third-order valence-electron chi connectivity index (χ3n) is 12.2. The van der Waals surface area contributed by atoms with Gasteiger partial charge in [-0.25, -0.2) is 4.98 Å². The minimum Gasteiger partial charge on any atom is -0.310 e. The molecule has 0 fully saturated rings. The van der Waals surface area contributed by atoms with Crippen molar-refractivity contribution in [3.63, 3.8) is 0 Å². The highest BCUT2D eigenvalue weighted by molar-refractivity contribution is 7.21. The van der Waals surface area contributed by atoms with Crippen LogP contribution in [0.2, 0.25) is 0 Å². The van der Waals surface area contributed by atoms with Crippen molar-refractivity contribution in [1.82, 2.24) is 4.98 Å². The average Bonchev–Trinajstić information content (AvgIpc) is 3.86. The monoisotopic (exact) mass is 776 g/mol. The average molecular weight is 777 g/mol. The van der Waals surface area contributed by atoms with Gasteiger partial charge in [0.05, 0.1) is 10.2 Å². The number of para-hydroxylation sites is 3. The van der Waals surface area contributed by atoms with Crippen molar-refractivity contribution in [1.29, 1.82) is 0 Å². The maximum atomic E-state index is 5.05. The molecule has 1 heterocycles. The van der Waals surface area contributed by atoms with E-state index in [-0.39, 0.29) is 5.41 Å². The molecule has 0 unspecified atom stereocenters. The molecule has 8 aromatic carbocycles. The van der Waals surface area contributed by atoms with Crippen molar-refractivity contribution < 1.29 is 0 Å². The molecule has 0 bridgehead atoms. The molecule has 2 nitrogen and oxygen atoms in total. The molecule has 0 aliphatic heterocycles. The third kappa shape index (κ3) is 6.68. The lowest BCUT2D eigenvalue weighted by atomic mass is 9.73. The summed E-state index contributed by atoms with van der Waals surface area (Å²) in [6.07, 6.45) is 6.58. The molecule has 3 heteroatoms. The van der Waals surface area contributed by atoms with Crippen LogP contribution in [-0.4, -0.2) is 4.98 Å². The van der Waals surface area contributed by atoms with Crippen molar-refractivity contribution in [2.45, 2.75) is 32.1 Å². The first-order valence-electron chi connectivity index (χ1n) is 20.7. The Balaban J connectivity index is 0.969. The molecule has 0 radical (unpaired) electrons. The molecule has 1 aromatic heterocycles. The molecule has 1 aliphatic carbocycles. The van der Waals surface area contributed by atoms with Crippen molar-refractivity contribution >= 4 is 50.8 Å². The van der Waals surface area contributed by atoms with E-state index in [9.17, 15) is 0 Å². The Morgan fingerprint density at radius 1 is 0.458 bits per heavy atom. The first-order valence-corrected chi connectivity index (χ1v) is 21.5. The van der Waals surface area contributed by atoms with E-state index >= 15 is 0 Å². The van der Waals surface area contributed by atoms with Crippen LogP contribution in [0.3, 0.4) is 0 Å². The van der Waals surface area contributed by atoms with Gasteiger partial charge >= 0.3 is 0 Å². The summed E-state index contributed by atoms with van der Waals surface area (Å²) < 4.78 is 1.20. The van der Waals surface area contributed by atoms with Gasteiger partial charge in [0.25, 0.3) is 0 Å². The van der Waals surface area contributed by atoms with Gasteiger partial charge in [0.1, 0.15) is 5.01 Å². The number of rotatable bonds is 10. The fraction of sp³-hybridized carbons (Fsp3) is 0.0893. The molecule has 10 rings (SSSR count). The van der Waals surface area contributed by atoms with Crippen LogP contribution in [0.5, 0.6) is 0 Å². The molecule has 0 amide bonds. The highest BCUT2D eigenvalue weighted by Crippen LogP contribution is 2.54. The van der Waals surface area contributed by atoms with Gasteiger partial charge < -0.3 is 4.90 Å². The van der Waals surface area contributed by atoms with Crippen molar-refractivity contribution in [2.75, 3.05) is 4.90 Å². The second-order valence-corrected chi connectivity index (χ2v) is 16.4. The Hall–Kier alpha value is -6.81. The predicted octanol–water partition coefficient (Wildman–Crippen LogP) is 16.0. The summed E-state index contributed by atoms with van der Waals surface area (Å²) in [4.78, 5) is 7.43. The number of hydrogen-bond donors (Lipinski definition) is 0. The van der Waals surface area contributed by atoms with E-state index in [2.05, 4.69) is 225 Å². The highest BCUT2D eigenvalue weighted by atomic mass is 32.1. The largest absolute Gasteiger partial charge is 0.310 e. The summed E-state index contributed by atoms with van der Waals surface area (Å²) in [6.45, 7) is 4.70. The Morgan fingerprint density at radius 3 is 1.69 bits per heavy atom. The van der Waals surface area contributed by atoms with E-state index in [1.165, 1.54) is 66.0 Å². The van der Waals surface area contributed by atoms with Crippen LogP contribution in [0.15, 0.2) is 194 Å². The molecule has 0 atom stereocenters. The van der Waals surface area contributed by atoms with E-state index in [1.807, 2.05) is 0 Å². The van der Waals surface area contributed by atoms with Gasteiger partial charge in [0.2, 0.25) is 0 Å². The minimum absolute atomic E-state index is 0.0690. The topological polar surface area (TPSA) is 16.1 Å². The van der Waals surface area contributed by atoms with Gasteiger partial charge in [-0.3, -0.25) is 0 Å². The number of thiazole rings is 1. The van der Waals surface area contributed by atoms with Crippen LogP contribution in [0.1, 0.15) is 48.9 Å². The molecule has 1 aliphatic rings. The highest BCUT2D eigenvalue weighted by Gasteiger charge is 2.41. The van der Waals surface area contributed by atoms with Gasteiger partial charge in [-0.15, -0.1) is 11.3 Å². The molecule has 9 aromatic rings. The lowest BCUT2D eigenvalue weighted by Gasteiger charge is -2.32. The molecule has 0 N–H and O–H groups in total. The van der Waals surface area contributed by atoms with E-state index in [4.69, 9.17) is 4.98 Å². The number of fused-ring (bicyclic) bond motifs is 4. The number of benzene rings is 8. The van der Waals surface area contributed by atoms with E-state index in [0.29, 0.717) is 0 Å². The van der Waals surface area contributed by atoms with E-state index in [1.54, 1.807) is 11.3 Å². The normalized spacial score (nSPS) is 12.8. The minimum atomic E-state index is -0.0690. The maximum absolute atomic E-state index is 5.05. The summed E-state index contributed by atoms with van der Waals surface area (Å²) in [5.41, 5.74) is 18.3. The van der Waals surface area contributed by atoms with E-state index < -0.39 is 0 Å². The van der Waals surface area contributed by atoms with Crippen molar-refractivity contribution in [2.24, 2.45) is 0 Å². The summed E-state index contributed by atoms with van der Waals surface area (Å²) >= 11 is 1.75. The number of hydrogen-bond acceptors (Lipinski definition) is 3. The fourth-order valence-corrected chi connectivity index (χ4v) is 10.1. The summed E-state index contributed by atoms with van der Waals surface area (Å²) in [5.74, 6) is 0. The van der Waals surface area contributed by atoms with E-state index in [0.717, 1.165) is 40.3 Å². The van der Waals surface area contributed by atoms with Crippen LogP contribution in [-0.2, 0) is 5.41 Å². The molecule has 284 valence electrons. The van der Waals surface area contributed by atoms with Crippen LogP contribution in [0.25, 0.3) is 66.3 Å². The Bertz CT molecular complexity index is 2870. The molecule has 0 spiro atoms. The summed E-state index contributed by atoms with van der Waals surface area (Å²) in [5, 5.41) is 1.04. The van der Waals surface area contributed by atoms with Crippen LogP contribution < -0.4 is 4.90 Å². The second kappa shape index (κ2) is 15.5.